The van der Waals surface area contributed by atoms with Crippen LogP contribution in [0.15, 0.2) is 58.4 Å². The van der Waals surface area contributed by atoms with Crippen molar-refractivity contribution in [3.8, 4) is 16.5 Å². The van der Waals surface area contributed by atoms with E-state index < -0.39 is 0 Å². The van der Waals surface area contributed by atoms with Crippen LogP contribution in [0.2, 0.25) is 5.02 Å². The molecule has 0 aliphatic heterocycles. The molecule has 0 spiro atoms. The minimum absolute atomic E-state index is 0.212. The van der Waals surface area contributed by atoms with E-state index in [-0.39, 0.29) is 6.61 Å². The third kappa shape index (κ3) is 2.81. The van der Waals surface area contributed by atoms with E-state index in [1.165, 1.54) is 0 Å². The van der Waals surface area contributed by atoms with Crippen LogP contribution in [-0.4, -0.2) is 10.1 Å². The fraction of sp³-hybridized carbons (Fsp3) is 0.0588. The van der Waals surface area contributed by atoms with Gasteiger partial charge in [-0.25, -0.2) is 0 Å². The highest BCUT2D eigenvalue weighted by Crippen LogP contribution is 2.31. The third-order valence-electron chi connectivity index (χ3n) is 3.39. The van der Waals surface area contributed by atoms with Crippen LogP contribution in [0.4, 0.5) is 0 Å². The van der Waals surface area contributed by atoms with Crippen LogP contribution in [0.25, 0.3) is 21.5 Å². The van der Waals surface area contributed by atoms with Crippen LogP contribution < -0.4 is 4.74 Å². The summed E-state index contributed by atoms with van der Waals surface area (Å²) in [6, 6.07) is 15.4. The molecular formula is C17H11ClN2O2S. The summed E-state index contributed by atoms with van der Waals surface area (Å²) in [5.41, 5.74) is 0. The minimum Gasteiger partial charge on any atom is -0.483 e. The van der Waals surface area contributed by atoms with Gasteiger partial charge in [-0.05, 0) is 23.6 Å². The average molecular weight is 343 g/mol. The molecule has 0 saturated heterocycles. The highest BCUT2D eigenvalue weighted by molar-refractivity contribution is 7.13. The van der Waals surface area contributed by atoms with Crippen molar-refractivity contribution < 1.29 is 9.26 Å². The van der Waals surface area contributed by atoms with E-state index in [1.807, 2.05) is 53.9 Å². The molecule has 23 heavy (non-hydrogen) atoms. The van der Waals surface area contributed by atoms with Crippen LogP contribution in [0.5, 0.6) is 5.75 Å². The lowest BCUT2D eigenvalue weighted by Crippen LogP contribution is -1.96. The molecule has 0 bridgehead atoms. The first-order valence-corrected chi connectivity index (χ1v) is 8.23. The Bertz CT molecular complexity index is 950. The first kappa shape index (κ1) is 14.2. The minimum atomic E-state index is 0.212. The van der Waals surface area contributed by atoms with Crippen molar-refractivity contribution in [2.45, 2.75) is 6.61 Å². The number of fused-ring (bicyclic) bond motifs is 1. The molecule has 4 rings (SSSR count). The topological polar surface area (TPSA) is 48.2 Å². The number of hydrogen-bond acceptors (Lipinski definition) is 5. The molecule has 2 heterocycles. The maximum atomic E-state index is 6.21. The second-order valence-corrected chi connectivity index (χ2v) is 6.22. The molecular weight excluding hydrogens is 332 g/mol. The molecule has 0 aliphatic carbocycles. The van der Waals surface area contributed by atoms with Crippen molar-refractivity contribution in [1.29, 1.82) is 0 Å². The summed E-state index contributed by atoms with van der Waals surface area (Å²) in [6.07, 6.45) is 0. The van der Waals surface area contributed by atoms with E-state index in [1.54, 1.807) is 11.3 Å². The van der Waals surface area contributed by atoms with Crippen LogP contribution in [0.1, 0.15) is 5.89 Å². The number of benzene rings is 2. The van der Waals surface area contributed by atoms with Crippen molar-refractivity contribution >= 4 is 33.7 Å². The summed E-state index contributed by atoms with van der Waals surface area (Å²) < 4.78 is 11.1. The fourth-order valence-corrected chi connectivity index (χ4v) is 3.20. The van der Waals surface area contributed by atoms with E-state index in [9.17, 15) is 0 Å². The van der Waals surface area contributed by atoms with Crippen molar-refractivity contribution in [3.05, 3.63) is 64.8 Å². The van der Waals surface area contributed by atoms with Gasteiger partial charge >= 0.3 is 0 Å². The van der Waals surface area contributed by atoms with Crippen molar-refractivity contribution in [1.82, 2.24) is 10.1 Å². The molecule has 0 atom stereocenters. The van der Waals surface area contributed by atoms with Crippen LogP contribution in [0.3, 0.4) is 0 Å². The number of rotatable bonds is 4. The van der Waals surface area contributed by atoms with Gasteiger partial charge < -0.3 is 9.26 Å². The number of nitrogens with zero attached hydrogens (tertiary/aromatic N) is 2. The lowest BCUT2D eigenvalue weighted by Gasteiger charge is -2.08. The molecule has 0 amide bonds. The molecule has 0 unspecified atom stereocenters. The van der Waals surface area contributed by atoms with Crippen molar-refractivity contribution in [3.63, 3.8) is 0 Å². The Labute approximate surface area is 141 Å². The maximum absolute atomic E-state index is 6.21. The molecule has 0 aliphatic rings. The molecule has 0 radical (unpaired) electrons. The Morgan fingerprint density at radius 1 is 1.04 bits per heavy atom. The lowest BCUT2D eigenvalue weighted by atomic mass is 10.1. The molecule has 0 saturated carbocycles. The molecule has 2 aromatic carbocycles. The van der Waals surface area contributed by atoms with E-state index >= 15 is 0 Å². The number of hydrogen-bond donors (Lipinski definition) is 0. The standard InChI is InChI=1S/C17H11ClN2O2S/c18-13-7-8-14(12-5-2-1-4-11(12)13)21-10-16-19-17(20-22-16)15-6-3-9-23-15/h1-9H,10H2. The Kier molecular flexibility index (Phi) is 3.73. The quantitative estimate of drug-likeness (QED) is 0.512. The SMILES string of the molecule is Clc1ccc(OCc2nc(-c3cccs3)no2)c2ccccc12. The van der Waals surface area contributed by atoms with E-state index in [0.29, 0.717) is 16.7 Å². The summed E-state index contributed by atoms with van der Waals surface area (Å²) in [7, 11) is 0. The third-order valence-corrected chi connectivity index (χ3v) is 4.59. The molecule has 6 heteroatoms. The van der Waals surface area contributed by atoms with Crippen LogP contribution >= 0.6 is 22.9 Å². The smallest absolute Gasteiger partial charge is 0.264 e. The normalized spacial score (nSPS) is 11.0. The maximum Gasteiger partial charge on any atom is 0.264 e. The summed E-state index contributed by atoms with van der Waals surface area (Å²) in [6.45, 7) is 0.212. The second kappa shape index (κ2) is 6.02. The van der Waals surface area contributed by atoms with Gasteiger partial charge in [0.05, 0.1) is 4.88 Å². The van der Waals surface area contributed by atoms with E-state index in [0.717, 1.165) is 21.4 Å². The zero-order chi connectivity index (χ0) is 15.6. The van der Waals surface area contributed by atoms with Crippen LogP contribution in [0, 0.1) is 0 Å². The molecule has 2 aromatic heterocycles. The number of aromatic nitrogens is 2. The van der Waals surface area contributed by atoms with E-state index in [2.05, 4.69) is 10.1 Å². The summed E-state index contributed by atoms with van der Waals surface area (Å²) in [4.78, 5) is 5.32. The first-order valence-electron chi connectivity index (χ1n) is 6.98. The Morgan fingerprint density at radius 2 is 1.91 bits per heavy atom. The molecule has 4 aromatic rings. The highest BCUT2D eigenvalue weighted by atomic mass is 35.5. The number of halogens is 1. The number of ether oxygens (including phenoxy) is 1. The van der Waals surface area contributed by atoms with Gasteiger partial charge in [0.15, 0.2) is 6.61 Å². The van der Waals surface area contributed by atoms with Crippen molar-refractivity contribution in [2.24, 2.45) is 0 Å². The molecule has 0 fully saturated rings. The number of thiophene rings is 1. The lowest BCUT2D eigenvalue weighted by molar-refractivity contribution is 0.245. The summed E-state index contributed by atoms with van der Waals surface area (Å²) >= 11 is 7.78. The van der Waals surface area contributed by atoms with Crippen molar-refractivity contribution in [2.75, 3.05) is 0 Å². The predicted molar refractivity (Wildman–Crippen MR) is 90.9 cm³/mol. The van der Waals surface area contributed by atoms with Gasteiger partial charge in [-0.3, -0.25) is 0 Å². The monoisotopic (exact) mass is 342 g/mol. The Hall–Kier alpha value is -2.37. The fourth-order valence-electron chi connectivity index (χ4n) is 2.32. The zero-order valence-electron chi connectivity index (χ0n) is 11.9. The average Bonchev–Trinajstić information content (AvgIpc) is 3.26. The van der Waals surface area contributed by atoms with Gasteiger partial charge in [0.1, 0.15) is 5.75 Å². The second-order valence-electron chi connectivity index (χ2n) is 4.87. The summed E-state index contributed by atoms with van der Waals surface area (Å²) in [5, 5.41) is 8.56. The first-order chi connectivity index (χ1) is 11.3. The Balaban J connectivity index is 1.57. The van der Waals surface area contributed by atoms with Gasteiger partial charge in [0.25, 0.3) is 5.89 Å². The van der Waals surface area contributed by atoms with E-state index in [4.69, 9.17) is 20.9 Å². The van der Waals surface area contributed by atoms with Gasteiger partial charge in [0.2, 0.25) is 5.82 Å². The van der Waals surface area contributed by atoms with Gasteiger partial charge in [-0.2, -0.15) is 4.98 Å². The van der Waals surface area contributed by atoms with Gasteiger partial charge in [0, 0.05) is 15.8 Å². The Morgan fingerprint density at radius 3 is 2.74 bits per heavy atom. The predicted octanol–water partition coefficient (Wildman–Crippen LogP) is 5.18. The molecule has 114 valence electrons. The molecule has 0 N–H and O–H groups in total. The molecule has 4 nitrogen and oxygen atoms in total. The summed E-state index contributed by atoms with van der Waals surface area (Å²) in [5.74, 6) is 1.76. The largest absolute Gasteiger partial charge is 0.483 e. The highest BCUT2D eigenvalue weighted by Gasteiger charge is 2.11. The van der Waals surface area contributed by atoms with Gasteiger partial charge in [-0.1, -0.05) is 47.1 Å². The van der Waals surface area contributed by atoms with Crippen LogP contribution in [-0.2, 0) is 6.61 Å². The zero-order valence-corrected chi connectivity index (χ0v) is 13.5. The van der Waals surface area contributed by atoms with Gasteiger partial charge in [-0.15, -0.1) is 11.3 Å².